The first kappa shape index (κ1) is 19.5. The third kappa shape index (κ3) is 4.34. The second-order valence-corrected chi connectivity index (χ2v) is 6.43. The van der Waals surface area contributed by atoms with E-state index in [2.05, 4.69) is 58.3 Å². The van der Waals surface area contributed by atoms with Gasteiger partial charge in [0.25, 0.3) is 0 Å². The van der Waals surface area contributed by atoms with Crippen molar-refractivity contribution in [3.8, 4) is 11.5 Å². The lowest BCUT2D eigenvalue weighted by Crippen LogP contribution is -2.18. The Morgan fingerprint density at radius 2 is 1.79 bits per heavy atom. The van der Waals surface area contributed by atoms with Gasteiger partial charge in [-0.15, -0.1) is 0 Å². The molecule has 0 spiro atoms. The molecule has 1 aromatic heterocycles. The number of aromatic nitrogens is 2. The van der Waals surface area contributed by atoms with E-state index < -0.39 is 0 Å². The smallest absolute Gasteiger partial charge is 0.142 e. The molecule has 6 heteroatoms. The minimum atomic E-state index is 0.688. The van der Waals surface area contributed by atoms with Gasteiger partial charge in [0.1, 0.15) is 29.0 Å². The van der Waals surface area contributed by atoms with E-state index >= 15 is 0 Å². The van der Waals surface area contributed by atoms with Gasteiger partial charge in [-0.25, -0.2) is 9.97 Å². The van der Waals surface area contributed by atoms with Crippen LogP contribution in [0.25, 0.3) is 0 Å². The quantitative estimate of drug-likeness (QED) is 0.623. The minimum Gasteiger partial charge on any atom is -0.497 e. The van der Waals surface area contributed by atoms with Gasteiger partial charge in [-0.05, 0) is 50.6 Å². The van der Waals surface area contributed by atoms with Crippen LogP contribution in [-0.2, 0) is 0 Å². The molecule has 3 aromatic rings. The molecule has 1 N–H and O–H groups in total. The summed E-state index contributed by atoms with van der Waals surface area (Å²) in [5.41, 5.74) is 3.09. The van der Waals surface area contributed by atoms with Crippen molar-refractivity contribution < 1.29 is 9.47 Å². The molecule has 0 fully saturated rings. The molecule has 0 aliphatic carbocycles. The number of aryl methyl sites for hydroxylation is 2. The highest BCUT2D eigenvalue weighted by molar-refractivity contribution is 5.69. The standard InChI is InChI=1S/C22H26N4O2/c1-6-26(17-9-7-8-15(2)12-17)22-14-21(23-16(3)24-22)25-19-13-18(27-4)10-11-20(19)28-5/h7-14H,6H2,1-5H3,(H,23,24,25). The van der Waals surface area contributed by atoms with Crippen LogP contribution in [0.15, 0.2) is 48.5 Å². The Morgan fingerprint density at radius 1 is 0.964 bits per heavy atom. The molecular weight excluding hydrogens is 352 g/mol. The fourth-order valence-corrected chi connectivity index (χ4v) is 3.08. The van der Waals surface area contributed by atoms with Crippen LogP contribution in [0, 0.1) is 13.8 Å². The minimum absolute atomic E-state index is 0.688. The lowest BCUT2D eigenvalue weighted by Gasteiger charge is -2.23. The van der Waals surface area contributed by atoms with Gasteiger partial charge in [0, 0.05) is 24.4 Å². The molecule has 0 unspecified atom stereocenters. The Balaban J connectivity index is 1.98. The molecule has 0 aliphatic rings. The Morgan fingerprint density at radius 3 is 2.46 bits per heavy atom. The van der Waals surface area contributed by atoms with Crippen molar-refractivity contribution >= 4 is 23.0 Å². The second kappa shape index (κ2) is 8.61. The molecule has 0 saturated heterocycles. The highest BCUT2D eigenvalue weighted by atomic mass is 16.5. The molecule has 0 bridgehead atoms. The lowest BCUT2D eigenvalue weighted by molar-refractivity contribution is 0.405. The first-order valence-electron chi connectivity index (χ1n) is 9.23. The van der Waals surface area contributed by atoms with Crippen molar-refractivity contribution in [3.63, 3.8) is 0 Å². The van der Waals surface area contributed by atoms with Crippen molar-refractivity contribution in [2.24, 2.45) is 0 Å². The number of nitrogens with zero attached hydrogens (tertiary/aromatic N) is 3. The van der Waals surface area contributed by atoms with E-state index in [9.17, 15) is 0 Å². The number of methoxy groups -OCH3 is 2. The van der Waals surface area contributed by atoms with Crippen LogP contribution in [0.5, 0.6) is 11.5 Å². The summed E-state index contributed by atoms with van der Waals surface area (Å²) in [6.07, 6.45) is 0. The van der Waals surface area contributed by atoms with Crippen molar-refractivity contribution in [1.29, 1.82) is 0 Å². The largest absolute Gasteiger partial charge is 0.497 e. The van der Waals surface area contributed by atoms with Gasteiger partial charge >= 0.3 is 0 Å². The predicted octanol–water partition coefficient (Wildman–Crippen LogP) is 5.01. The van der Waals surface area contributed by atoms with Crippen molar-refractivity contribution in [2.45, 2.75) is 20.8 Å². The Kier molecular flexibility index (Phi) is 5.99. The average Bonchev–Trinajstić information content (AvgIpc) is 2.68. The van der Waals surface area contributed by atoms with Crippen molar-refractivity contribution in [2.75, 3.05) is 31.0 Å². The van der Waals surface area contributed by atoms with Gasteiger partial charge in [-0.2, -0.15) is 0 Å². The van der Waals surface area contributed by atoms with Gasteiger partial charge in [0.15, 0.2) is 0 Å². The Hall–Kier alpha value is -3.28. The molecule has 0 amide bonds. The zero-order valence-electron chi connectivity index (χ0n) is 17.0. The summed E-state index contributed by atoms with van der Waals surface area (Å²) in [6, 6.07) is 15.9. The second-order valence-electron chi connectivity index (χ2n) is 6.43. The Bertz CT molecular complexity index is 959. The number of benzene rings is 2. The maximum atomic E-state index is 5.46. The molecule has 6 nitrogen and oxygen atoms in total. The van der Waals surface area contributed by atoms with Crippen molar-refractivity contribution in [1.82, 2.24) is 9.97 Å². The van der Waals surface area contributed by atoms with Gasteiger partial charge in [0.05, 0.1) is 19.9 Å². The molecule has 3 rings (SSSR count). The number of ether oxygens (including phenoxy) is 2. The van der Waals surface area contributed by atoms with Crippen LogP contribution < -0.4 is 19.7 Å². The molecule has 0 atom stereocenters. The first-order valence-corrected chi connectivity index (χ1v) is 9.23. The molecule has 0 saturated carbocycles. The zero-order chi connectivity index (χ0) is 20.1. The fraction of sp³-hybridized carbons (Fsp3) is 0.273. The molecule has 2 aromatic carbocycles. The van der Waals surface area contributed by atoms with Gasteiger partial charge < -0.3 is 19.7 Å². The molecule has 28 heavy (non-hydrogen) atoms. The van der Waals surface area contributed by atoms with E-state index in [1.807, 2.05) is 31.2 Å². The van der Waals surface area contributed by atoms with Crippen molar-refractivity contribution in [3.05, 3.63) is 59.9 Å². The maximum Gasteiger partial charge on any atom is 0.142 e. The van der Waals surface area contributed by atoms with Crippen LogP contribution in [0.2, 0.25) is 0 Å². The number of anilines is 4. The average molecular weight is 378 g/mol. The summed E-state index contributed by atoms with van der Waals surface area (Å²) in [4.78, 5) is 11.4. The number of rotatable bonds is 7. The summed E-state index contributed by atoms with van der Waals surface area (Å²) in [6.45, 7) is 6.88. The molecule has 1 heterocycles. The van der Waals surface area contributed by atoms with Crippen LogP contribution in [-0.4, -0.2) is 30.7 Å². The third-order valence-corrected chi connectivity index (χ3v) is 4.40. The Labute approximate surface area is 166 Å². The third-order valence-electron chi connectivity index (χ3n) is 4.40. The predicted molar refractivity (Wildman–Crippen MR) is 113 cm³/mol. The van der Waals surface area contributed by atoms with Gasteiger partial charge in [-0.3, -0.25) is 0 Å². The number of hydrogen-bond acceptors (Lipinski definition) is 6. The lowest BCUT2D eigenvalue weighted by atomic mass is 10.2. The topological polar surface area (TPSA) is 59.5 Å². The summed E-state index contributed by atoms with van der Waals surface area (Å²) in [5.74, 6) is 3.67. The van der Waals surface area contributed by atoms with Gasteiger partial charge in [0.2, 0.25) is 0 Å². The van der Waals surface area contributed by atoms with Crippen LogP contribution >= 0.6 is 0 Å². The molecule has 0 radical (unpaired) electrons. The van der Waals surface area contributed by atoms with E-state index in [1.165, 1.54) is 5.56 Å². The number of hydrogen-bond donors (Lipinski definition) is 1. The van der Waals surface area contributed by atoms with Crippen LogP contribution in [0.4, 0.5) is 23.0 Å². The zero-order valence-corrected chi connectivity index (χ0v) is 17.0. The number of nitrogens with one attached hydrogen (secondary N) is 1. The van der Waals surface area contributed by atoms with Crippen LogP contribution in [0.3, 0.4) is 0 Å². The monoisotopic (exact) mass is 378 g/mol. The van der Waals surface area contributed by atoms with Crippen LogP contribution in [0.1, 0.15) is 18.3 Å². The summed E-state index contributed by atoms with van der Waals surface area (Å²) in [5, 5.41) is 3.34. The summed E-state index contributed by atoms with van der Waals surface area (Å²) >= 11 is 0. The fourth-order valence-electron chi connectivity index (χ4n) is 3.08. The normalized spacial score (nSPS) is 10.5. The SMILES string of the molecule is CCN(c1cccc(C)c1)c1cc(Nc2cc(OC)ccc2OC)nc(C)n1. The van der Waals surface area contributed by atoms with E-state index in [1.54, 1.807) is 14.2 Å². The van der Waals surface area contributed by atoms with Gasteiger partial charge in [-0.1, -0.05) is 12.1 Å². The first-order chi connectivity index (χ1) is 13.5. The molecular formula is C22H26N4O2. The summed E-state index contributed by atoms with van der Waals surface area (Å²) < 4.78 is 10.8. The van der Waals surface area contributed by atoms with E-state index in [-0.39, 0.29) is 0 Å². The summed E-state index contributed by atoms with van der Waals surface area (Å²) in [7, 11) is 3.28. The molecule has 0 aliphatic heterocycles. The molecule has 146 valence electrons. The highest BCUT2D eigenvalue weighted by Crippen LogP contribution is 2.32. The van der Waals surface area contributed by atoms with E-state index in [0.717, 1.165) is 29.5 Å². The maximum absolute atomic E-state index is 5.46. The highest BCUT2D eigenvalue weighted by Gasteiger charge is 2.13. The van der Waals surface area contributed by atoms with E-state index in [0.29, 0.717) is 17.4 Å². The van der Waals surface area contributed by atoms with E-state index in [4.69, 9.17) is 9.47 Å².